The van der Waals surface area contributed by atoms with Crippen LogP contribution in [0.25, 0.3) is 0 Å². The van der Waals surface area contributed by atoms with Crippen molar-refractivity contribution in [1.29, 1.82) is 0 Å². The molecule has 2 aromatic carbocycles. The van der Waals surface area contributed by atoms with E-state index in [0.29, 0.717) is 19.6 Å². The van der Waals surface area contributed by atoms with Crippen molar-refractivity contribution >= 4 is 5.91 Å². The molecule has 134 valence electrons. The molecule has 0 aliphatic rings. The SMILES string of the molecule is CCOc1cccc(CNC(=O)C(CC)Oc2ccc(C)cc2C)c1. The minimum Gasteiger partial charge on any atom is -0.494 e. The molecule has 0 aliphatic carbocycles. The van der Waals surface area contributed by atoms with Crippen LogP contribution in [0.1, 0.15) is 37.0 Å². The van der Waals surface area contributed by atoms with Gasteiger partial charge in [0.05, 0.1) is 6.61 Å². The normalized spacial score (nSPS) is 11.7. The molecule has 2 aromatic rings. The van der Waals surface area contributed by atoms with Crippen LogP contribution in [0.15, 0.2) is 42.5 Å². The Hall–Kier alpha value is -2.49. The molecule has 0 bridgehead atoms. The second kappa shape index (κ2) is 9.11. The van der Waals surface area contributed by atoms with Gasteiger partial charge < -0.3 is 14.8 Å². The lowest BCUT2D eigenvalue weighted by Gasteiger charge is -2.19. The molecule has 0 aromatic heterocycles. The highest BCUT2D eigenvalue weighted by Crippen LogP contribution is 2.21. The number of hydrogen-bond donors (Lipinski definition) is 1. The minimum absolute atomic E-state index is 0.107. The van der Waals surface area contributed by atoms with E-state index in [4.69, 9.17) is 9.47 Å². The van der Waals surface area contributed by atoms with Gasteiger partial charge >= 0.3 is 0 Å². The molecule has 0 spiro atoms. The maximum absolute atomic E-state index is 12.5. The summed E-state index contributed by atoms with van der Waals surface area (Å²) in [7, 11) is 0. The molecule has 0 heterocycles. The fourth-order valence-electron chi connectivity index (χ4n) is 2.62. The van der Waals surface area contributed by atoms with Crippen molar-refractivity contribution < 1.29 is 14.3 Å². The zero-order chi connectivity index (χ0) is 18.2. The summed E-state index contributed by atoms with van der Waals surface area (Å²) in [5.74, 6) is 1.46. The van der Waals surface area contributed by atoms with Crippen LogP contribution in [0.2, 0.25) is 0 Å². The zero-order valence-electron chi connectivity index (χ0n) is 15.5. The molecule has 4 nitrogen and oxygen atoms in total. The van der Waals surface area contributed by atoms with E-state index in [-0.39, 0.29) is 5.91 Å². The van der Waals surface area contributed by atoms with Gasteiger partial charge in [0, 0.05) is 6.54 Å². The van der Waals surface area contributed by atoms with Crippen LogP contribution in [-0.4, -0.2) is 18.6 Å². The van der Waals surface area contributed by atoms with Crippen LogP contribution in [-0.2, 0) is 11.3 Å². The third kappa shape index (κ3) is 5.52. The highest BCUT2D eigenvalue weighted by atomic mass is 16.5. The largest absolute Gasteiger partial charge is 0.494 e. The first kappa shape index (κ1) is 18.8. The van der Waals surface area contributed by atoms with Gasteiger partial charge in [-0.05, 0) is 56.5 Å². The van der Waals surface area contributed by atoms with E-state index < -0.39 is 6.10 Å². The Kier molecular flexibility index (Phi) is 6.87. The lowest BCUT2D eigenvalue weighted by Crippen LogP contribution is -2.37. The van der Waals surface area contributed by atoms with Gasteiger partial charge in [0.25, 0.3) is 5.91 Å². The Morgan fingerprint density at radius 3 is 2.60 bits per heavy atom. The first-order valence-electron chi connectivity index (χ1n) is 8.76. The molecule has 1 atom stereocenters. The average Bonchev–Trinajstić information content (AvgIpc) is 2.60. The van der Waals surface area contributed by atoms with Gasteiger partial charge in [0.1, 0.15) is 11.5 Å². The first-order chi connectivity index (χ1) is 12.0. The Bertz CT molecular complexity index is 712. The summed E-state index contributed by atoms with van der Waals surface area (Å²) < 4.78 is 11.4. The van der Waals surface area contributed by atoms with Gasteiger partial charge in [-0.2, -0.15) is 0 Å². The number of rotatable bonds is 8. The van der Waals surface area contributed by atoms with Crippen LogP contribution in [0, 0.1) is 13.8 Å². The zero-order valence-corrected chi connectivity index (χ0v) is 15.5. The summed E-state index contributed by atoms with van der Waals surface area (Å²) in [6.45, 7) is 9.00. The molecule has 1 amide bonds. The summed E-state index contributed by atoms with van der Waals surface area (Å²) in [6.07, 6.45) is 0.106. The van der Waals surface area contributed by atoms with Crippen molar-refractivity contribution in [3.05, 3.63) is 59.2 Å². The molecule has 1 N–H and O–H groups in total. The van der Waals surface area contributed by atoms with E-state index in [0.717, 1.165) is 22.6 Å². The fraction of sp³-hybridized carbons (Fsp3) is 0.381. The lowest BCUT2D eigenvalue weighted by molar-refractivity contribution is -0.128. The molecule has 0 aliphatic heterocycles. The predicted molar refractivity (Wildman–Crippen MR) is 100 cm³/mol. The molecule has 0 saturated heterocycles. The van der Waals surface area contributed by atoms with Crippen LogP contribution >= 0.6 is 0 Å². The summed E-state index contributed by atoms with van der Waals surface area (Å²) >= 11 is 0. The Labute approximate surface area is 150 Å². The van der Waals surface area contributed by atoms with E-state index in [1.807, 2.05) is 64.1 Å². The maximum atomic E-state index is 12.5. The number of benzene rings is 2. The van der Waals surface area contributed by atoms with E-state index in [1.54, 1.807) is 0 Å². The molecular formula is C21H27NO3. The molecule has 2 rings (SSSR count). The predicted octanol–water partition coefficient (Wildman–Crippen LogP) is 4.18. The van der Waals surface area contributed by atoms with E-state index >= 15 is 0 Å². The van der Waals surface area contributed by atoms with Crippen LogP contribution in [0.4, 0.5) is 0 Å². The topological polar surface area (TPSA) is 47.6 Å². The van der Waals surface area contributed by atoms with E-state index in [9.17, 15) is 4.79 Å². The first-order valence-corrected chi connectivity index (χ1v) is 8.76. The summed E-state index contributed by atoms with van der Waals surface area (Å²) in [5.41, 5.74) is 3.22. The third-order valence-corrected chi connectivity index (χ3v) is 3.94. The average molecular weight is 341 g/mol. The van der Waals surface area contributed by atoms with Gasteiger partial charge in [-0.3, -0.25) is 4.79 Å². The fourth-order valence-corrected chi connectivity index (χ4v) is 2.62. The van der Waals surface area contributed by atoms with Crippen molar-refractivity contribution in [1.82, 2.24) is 5.32 Å². The summed E-state index contributed by atoms with van der Waals surface area (Å²) in [4.78, 5) is 12.5. The number of carbonyl (C=O) groups excluding carboxylic acids is 1. The van der Waals surface area contributed by atoms with Gasteiger partial charge in [0.15, 0.2) is 6.10 Å². The van der Waals surface area contributed by atoms with Gasteiger partial charge in [-0.15, -0.1) is 0 Å². The molecule has 0 saturated carbocycles. The van der Waals surface area contributed by atoms with Crippen LogP contribution in [0.3, 0.4) is 0 Å². The summed E-state index contributed by atoms with van der Waals surface area (Å²) in [5, 5.41) is 2.95. The molecule has 0 fully saturated rings. The van der Waals surface area contributed by atoms with Crippen LogP contribution < -0.4 is 14.8 Å². The second-order valence-corrected chi connectivity index (χ2v) is 6.08. The van der Waals surface area contributed by atoms with E-state index in [1.165, 1.54) is 5.56 Å². The van der Waals surface area contributed by atoms with Crippen molar-refractivity contribution in [2.45, 2.75) is 46.8 Å². The Balaban J connectivity index is 1.96. The van der Waals surface area contributed by atoms with Crippen molar-refractivity contribution in [3.8, 4) is 11.5 Å². The molecule has 0 radical (unpaired) electrons. The highest BCUT2D eigenvalue weighted by Gasteiger charge is 2.19. The standard InChI is InChI=1S/C21H27NO3/c1-5-19(25-20-11-10-15(3)12-16(20)4)21(23)22-14-17-8-7-9-18(13-17)24-6-2/h7-13,19H,5-6,14H2,1-4H3,(H,22,23). The van der Waals surface area contributed by atoms with Gasteiger partial charge in [0.2, 0.25) is 0 Å². The summed E-state index contributed by atoms with van der Waals surface area (Å²) in [6, 6.07) is 13.7. The van der Waals surface area contributed by atoms with Gasteiger partial charge in [-0.1, -0.05) is 36.8 Å². The number of aryl methyl sites for hydroxylation is 2. The molecule has 4 heteroatoms. The van der Waals surface area contributed by atoms with E-state index in [2.05, 4.69) is 11.4 Å². The monoisotopic (exact) mass is 341 g/mol. The Morgan fingerprint density at radius 2 is 1.92 bits per heavy atom. The number of hydrogen-bond acceptors (Lipinski definition) is 3. The highest BCUT2D eigenvalue weighted by molar-refractivity contribution is 5.81. The van der Waals surface area contributed by atoms with Crippen molar-refractivity contribution in [2.75, 3.05) is 6.61 Å². The number of nitrogens with one attached hydrogen (secondary N) is 1. The smallest absolute Gasteiger partial charge is 0.261 e. The molecular weight excluding hydrogens is 314 g/mol. The number of amides is 1. The van der Waals surface area contributed by atoms with Crippen molar-refractivity contribution in [3.63, 3.8) is 0 Å². The number of carbonyl (C=O) groups is 1. The van der Waals surface area contributed by atoms with Crippen LogP contribution in [0.5, 0.6) is 11.5 Å². The number of ether oxygens (including phenoxy) is 2. The van der Waals surface area contributed by atoms with Gasteiger partial charge in [-0.25, -0.2) is 0 Å². The maximum Gasteiger partial charge on any atom is 0.261 e. The molecule has 25 heavy (non-hydrogen) atoms. The quantitative estimate of drug-likeness (QED) is 0.784. The lowest BCUT2D eigenvalue weighted by atomic mass is 10.1. The molecule has 1 unspecified atom stereocenters. The minimum atomic E-state index is -0.503. The third-order valence-electron chi connectivity index (χ3n) is 3.94. The Morgan fingerprint density at radius 1 is 1.12 bits per heavy atom. The van der Waals surface area contributed by atoms with Crippen molar-refractivity contribution in [2.24, 2.45) is 0 Å². The second-order valence-electron chi connectivity index (χ2n) is 6.08.